The van der Waals surface area contributed by atoms with E-state index in [1.54, 1.807) is 0 Å². The number of halogens is 4. The number of hydrogen-bond acceptors (Lipinski definition) is 3. The predicted molar refractivity (Wildman–Crippen MR) is 136 cm³/mol. The van der Waals surface area contributed by atoms with Crippen molar-refractivity contribution in [1.29, 1.82) is 0 Å². The van der Waals surface area contributed by atoms with E-state index in [4.69, 9.17) is 11.6 Å². The third-order valence-electron chi connectivity index (χ3n) is 6.73. The van der Waals surface area contributed by atoms with Gasteiger partial charge in [-0.15, -0.1) is 10.2 Å². The lowest BCUT2D eigenvalue weighted by molar-refractivity contribution is -0.258. The zero-order chi connectivity index (χ0) is 26.6. The van der Waals surface area contributed by atoms with Gasteiger partial charge in [-0.25, -0.2) is 0 Å². The highest BCUT2D eigenvalue weighted by atomic mass is 35.5. The van der Waals surface area contributed by atoms with Gasteiger partial charge in [0.25, 0.3) is 0 Å². The van der Waals surface area contributed by atoms with Gasteiger partial charge in [0.15, 0.2) is 11.4 Å². The summed E-state index contributed by atoms with van der Waals surface area (Å²) in [6.45, 7) is 11.0. The van der Waals surface area contributed by atoms with Gasteiger partial charge >= 0.3 is 6.18 Å². The number of rotatable bonds is 6. The van der Waals surface area contributed by atoms with E-state index < -0.39 is 11.8 Å². The highest BCUT2D eigenvalue weighted by Gasteiger charge is 2.51. The van der Waals surface area contributed by atoms with Crippen LogP contribution < -0.4 is 0 Å². The van der Waals surface area contributed by atoms with Gasteiger partial charge in [-0.05, 0) is 56.4 Å². The van der Waals surface area contributed by atoms with E-state index in [2.05, 4.69) is 55.3 Å². The minimum Gasteiger partial charge on any atom is -0.376 e. The third-order valence-corrected chi connectivity index (χ3v) is 7.05. The Morgan fingerprint density at radius 1 is 1.11 bits per heavy atom. The lowest BCUT2D eigenvalue weighted by Crippen LogP contribution is -2.39. The van der Waals surface area contributed by atoms with Crippen LogP contribution in [-0.4, -0.2) is 26.0 Å². The molecule has 35 heavy (non-hydrogen) atoms. The second-order valence-corrected chi connectivity index (χ2v) is 9.00. The molecule has 1 atom stereocenters. The number of alkyl halides is 3. The summed E-state index contributed by atoms with van der Waals surface area (Å²) >= 11 is 6.39. The molecule has 0 spiro atoms. The summed E-state index contributed by atoms with van der Waals surface area (Å²) in [6, 6.07) is 3.81. The van der Waals surface area contributed by atoms with Gasteiger partial charge in [-0.2, -0.15) is 13.2 Å². The molecular formula is C27H35ClF3N3O. The van der Waals surface area contributed by atoms with Crippen molar-refractivity contribution in [2.45, 2.75) is 78.0 Å². The van der Waals surface area contributed by atoms with Crippen LogP contribution in [0.3, 0.4) is 0 Å². The first kappa shape index (κ1) is 28.9. The lowest BCUT2D eigenvalue weighted by atomic mass is 9.71. The average Bonchev–Trinajstić information content (AvgIpc) is 3.06. The lowest BCUT2D eigenvalue weighted by Gasteiger charge is -2.34. The summed E-state index contributed by atoms with van der Waals surface area (Å²) in [5.74, 6) is 1.21. The summed E-state index contributed by atoms with van der Waals surface area (Å²) in [5.41, 5.74) is -0.928. The maximum atomic E-state index is 13.3. The molecule has 2 aromatic rings. The minimum atomic E-state index is -4.83. The number of nitrogens with zero attached hydrogens (tertiary/aromatic N) is 3. The van der Waals surface area contributed by atoms with Crippen LogP contribution >= 0.6 is 11.6 Å². The first-order chi connectivity index (χ1) is 16.4. The van der Waals surface area contributed by atoms with Gasteiger partial charge in [-0.1, -0.05) is 75.2 Å². The molecule has 0 saturated carbocycles. The van der Waals surface area contributed by atoms with E-state index >= 15 is 0 Å². The Bertz CT molecular complexity index is 1120. The maximum Gasteiger partial charge on any atom is 0.421 e. The SMILES string of the molecule is CC.CCC(CC)(C1=CC=CCC=C1C)c1nnc(-c2ccc(C(C)(O)C(F)(F)F)cc2Cl)n1C. The normalized spacial score (nSPS) is 16.0. The molecule has 1 aliphatic rings. The van der Waals surface area contributed by atoms with Gasteiger partial charge < -0.3 is 9.67 Å². The molecule has 3 rings (SSSR count). The van der Waals surface area contributed by atoms with Crippen molar-refractivity contribution in [3.05, 3.63) is 70.1 Å². The Kier molecular flexibility index (Phi) is 9.17. The molecule has 0 radical (unpaired) electrons. The van der Waals surface area contributed by atoms with Crippen molar-refractivity contribution >= 4 is 11.6 Å². The first-order valence-corrected chi connectivity index (χ1v) is 12.3. The Morgan fingerprint density at radius 2 is 1.74 bits per heavy atom. The summed E-state index contributed by atoms with van der Waals surface area (Å²) in [7, 11) is 1.84. The number of benzene rings is 1. The molecular weight excluding hydrogens is 475 g/mol. The van der Waals surface area contributed by atoms with Crippen LogP contribution in [0.2, 0.25) is 5.02 Å². The Hall–Kier alpha value is -2.38. The Labute approximate surface area is 211 Å². The second-order valence-electron chi connectivity index (χ2n) is 8.59. The summed E-state index contributed by atoms with van der Waals surface area (Å²) < 4.78 is 41.6. The molecule has 0 fully saturated rings. The van der Waals surface area contributed by atoms with Crippen LogP contribution in [0.25, 0.3) is 11.4 Å². The van der Waals surface area contributed by atoms with E-state index in [0.717, 1.165) is 31.2 Å². The van der Waals surface area contributed by atoms with Crippen molar-refractivity contribution in [2.75, 3.05) is 0 Å². The molecule has 1 unspecified atom stereocenters. The van der Waals surface area contributed by atoms with E-state index in [-0.39, 0.29) is 16.0 Å². The van der Waals surface area contributed by atoms with Gasteiger partial charge in [0, 0.05) is 12.6 Å². The fraction of sp³-hybridized carbons (Fsp3) is 0.481. The van der Waals surface area contributed by atoms with Gasteiger partial charge in [0.2, 0.25) is 0 Å². The molecule has 8 heteroatoms. The monoisotopic (exact) mass is 509 g/mol. The zero-order valence-corrected chi connectivity index (χ0v) is 22.2. The van der Waals surface area contributed by atoms with Crippen LogP contribution in [0.5, 0.6) is 0 Å². The summed E-state index contributed by atoms with van der Waals surface area (Å²) in [4.78, 5) is 0. The molecule has 4 nitrogen and oxygen atoms in total. The second kappa shape index (κ2) is 11.1. The molecule has 1 aromatic heterocycles. The van der Waals surface area contributed by atoms with Gasteiger partial charge in [-0.3, -0.25) is 0 Å². The molecule has 1 aliphatic carbocycles. The van der Waals surface area contributed by atoms with Gasteiger partial charge in [0.05, 0.1) is 10.4 Å². The van der Waals surface area contributed by atoms with E-state index in [0.29, 0.717) is 18.3 Å². The average molecular weight is 510 g/mol. The van der Waals surface area contributed by atoms with E-state index in [1.165, 1.54) is 23.3 Å². The predicted octanol–water partition coefficient (Wildman–Crippen LogP) is 7.82. The largest absolute Gasteiger partial charge is 0.421 e. The van der Waals surface area contributed by atoms with Crippen molar-refractivity contribution in [2.24, 2.45) is 7.05 Å². The smallest absolute Gasteiger partial charge is 0.376 e. The number of aromatic nitrogens is 3. The summed E-state index contributed by atoms with van der Waals surface area (Å²) in [5, 5.41) is 19.0. The van der Waals surface area contributed by atoms with Crippen molar-refractivity contribution in [1.82, 2.24) is 14.8 Å². The van der Waals surface area contributed by atoms with Crippen LogP contribution in [0, 0.1) is 0 Å². The molecule has 1 heterocycles. The third kappa shape index (κ3) is 5.26. The maximum absolute atomic E-state index is 13.3. The molecule has 192 valence electrons. The van der Waals surface area contributed by atoms with Crippen LogP contribution in [0.15, 0.2) is 53.6 Å². The van der Waals surface area contributed by atoms with Crippen LogP contribution in [-0.2, 0) is 18.1 Å². The summed E-state index contributed by atoms with van der Waals surface area (Å²) in [6.07, 6.45) is 6.10. The van der Waals surface area contributed by atoms with E-state index in [9.17, 15) is 18.3 Å². The van der Waals surface area contributed by atoms with Crippen molar-refractivity contribution in [3.8, 4) is 11.4 Å². The first-order valence-electron chi connectivity index (χ1n) is 11.9. The quantitative estimate of drug-likeness (QED) is 0.431. The Morgan fingerprint density at radius 3 is 2.29 bits per heavy atom. The van der Waals surface area contributed by atoms with E-state index in [1.807, 2.05) is 25.5 Å². The molecule has 0 aliphatic heterocycles. The highest BCUT2D eigenvalue weighted by Crippen LogP contribution is 2.44. The topological polar surface area (TPSA) is 50.9 Å². The highest BCUT2D eigenvalue weighted by molar-refractivity contribution is 6.33. The molecule has 1 N–H and O–H groups in total. The number of hydrogen-bond donors (Lipinski definition) is 1. The van der Waals surface area contributed by atoms with Crippen LogP contribution in [0.4, 0.5) is 13.2 Å². The molecule has 1 aromatic carbocycles. The van der Waals surface area contributed by atoms with Crippen LogP contribution in [0.1, 0.15) is 72.2 Å². The Balaban J connectivity index is 0.00000210. The molecule has 0 saturated heterocycles. The van der Waals surface area contributed by atoms with Crippen molar-refractivity contribution < 1.29 is 18.3 Å². The van der Waals surface area contributed by atoms with Crippen molar-refractivity contribution in [3.63, 3.8) is 0 Å². The number of aliphatic hydroxyl groups is 1. The van der Waals surface area contributed by atoms with Gasteiger partial charge in [0.1, 0.15) is 5.82 Å². The fourth-order valence-electron chi connectivity index (χ4n) is 4.48. The fourth-order valence-corrected chi connectivity index (χ4v) is 4.74. The molecule has 0 bridgehead atoms. The minimum absolute atomic E-state index is 0.0605. The number of allylic oxidation sites excluding steroid dienone is 6. The zero-order valence-electron chi connectivity index (χ0n) is 21.5. The standard InChI is InChI=1S/C25H29ClF3N3O.C2H6/c1-6-24(7-2,19-12-10-8-9-11-16(19)3)22-31-30-21(32(22)5)18-14-13-17(15-20(18)26)23(4,33)25(27,28)29;1-2/h8,10-15,33H,6-7,9H2,1-5H3;1-2H3. The molecule has 0 amide bonds.